The van der Waals surface area contributed by atoms with Crippen LogP contribution in [-0.4, -0.2) is 17.6 Å². The van der Waals surface area contributed by atoms with Crippen molar-refractivity contribution in [3.8, 4) is 0 Å². The number of halogens is 3. The monoisotopic (exact) mass is 259 g/mol. The molecule has 1 heterocycles. The van der Waals surface area contributed by atoms with Gasteiger partial charge in [0.15, 0.2) is 0 Å². The molecule has 0 amide bonds. The van der Waals surface area contributed by atoms with Crippen molar-refractivity contribution in [3.63, 3.8) is 0 Å². The standard InChI is InChI=1S/C12H12F3NO2/c1-2-18-11(17)8-4-6-9-5-3-7-10(16-9)12(13,14)15/h3-7H,2,8H2,1H3. The van der Waals surface area contributed by atoms with Gasteiger partial charge in [-0.05, 0) is 25.1 Å². The fourth-order valence-corrected chi connectivity index (χ4v) is 1.20. The zero-order valence-electron chi connectivity index (χ0n) is 9.70. The van der Waals surface area contributed by atoms with Gasteiger partial charge in [-0.25, -0.2) is 4.98 Å². The Hall–Kier alpha value is -1.85. The van der Waals surface area contributed by atoms with Gasteiger partial charge in [0, 0.05) is 0 Å². The Balaban J connectivity index is 2.68. The first-order chi connectivity index (χ1) is 8.43. The van der Waals surface area contributed by atoms with E-state index < -0.39 is 17.8 Å². The average Bonchev–Trinajstić information content (AvgIpc) is 2.29. The van der Waals surface area contributed by atoms with E-state index in [1.165, 1.54) is 24.3 Å². The fraction of sp³-hybridized carbons (Fsp3) is 0.333. The van der Waals surface area contributed by atoms with Gasteiger partial charge in [-0.3, -0.25) is 4.79 Å². The van der Waals surface area contributed by atoms with Crippen molar-refractivity contribution in [1.82, 2.24) is 4.98 Å². The van der Waals surface area contributed by atoms with Crippen molar-refractivity contribution in [3.05, 3.63) is 35.7 Å². The maximum Gasteiger partial charge on any atom is 0.433 e. The maximum absolute atomic E-state index is 12.4. The van der Waals surface area contributed by atoms with Crippen LogP contribution in [0.5, 0.6) is 0 Å². The van der Waals surface area contributed by atoms with Crippen LogP contribution in [0.25, 0.3) is 6.08 Å². The number of hydrogen-bond acceptors (Lipinski definition) is 3. The lowest BCUT2D eigenvalue weighted by molar-refractivity contribution is -0.142. The summed E-state index contributed by atoms with van der Waals surface area (Å²) in [5.74, 6) is -0.430. The number of rotatable bonds is 4. The van der Waals surface area contributed by atoms with Crippen LogP contribution in [0.2, 0.25) is 0 Å². The Morgan fingerprint density at radius 1 is 1.44 bits per heavy atom. The van der Waals surface area contributed by atoms with Gasteiger partial charge in [-0.1, -0.05) is 12.1 Å². The van der Waals surface area contributed by atoms with Crippen LogP contribution in [0.15, 0.2) is 24.3 Å². The molecule has 1 rings (SSSR count). The number of esters is 1. The molecule has 0 saturated heterocycles. The lowest BCUT2D eigenvalue weighted by atomic mass is 10.2. The van der Waals surface area contributed by atoms with E-state index in [2.05, 4.69) is 9.72 Å². The zero-order chi connectivity index (χ0) is 13.6. The number of ether oxygens (including phenoxy) is 1. The SMILES string of the molecule is CCOC(=O)CC=Cc1cccc(C(F)(F)F)n1. The topological polar surface area (TPSA) is 39.2 Å². The van der Waals surface area contributed by atoms with Crippen LogP contribution in [-0.2, 0) is 15.7 Å². The Kier molecular flexibility index (Phi) is 4.88. The molecule has 0 saturated carbocycles. The second-order valence-corrected chi connectivity index (χ2v) is 3.36. The maximum atomic E-state index is 12.4. The van der Waals surface area contributed by atoms with Crippen LogP contribution in [0.3, 0.4) is 0 Å². The Bertz CT molecular complexity index is 441. The molecule has 0 spiro atoms. The van der Waals surface area contributed by atoms with E-state index in [1.54, 1.807) is 6.92 Å². The van der Waals surface area contributed by atoms with E-state index in [0.717, 1.165) is 6.07 Å². The number of alkyl halides is 3. The minimum atomic E-state index is -4.47. The van der Waals surface area contributed by atoms with Gasteiger partial charge in [0.25, 0.3) is 0 Å². The molecule has 18 heavy (non-hydrogen) atoms. The summed E-state index contributed by atoms with van der Waals surface area (Å²) in [5.41, 5.74) is -0.810. The normalized spacial score (nSPS) is 11.8. The summed E-state index contributed by atoms with van der Waals surface area (Å²) < 4.78 is 41.7. The lowest BCUT2D eigenvalue weighted by Gasteiger charge is -2.05. The molecule has 0 fully saturated rings. The van der Waals surface area contributed by atoms with E-state index >= 15 is 0 Å². The second-order valence-electron chi connectivity index (χ2n) is 3.36. The van der Waals surface area contributed by atoms with E-state index in [0.29, 0.717) is 0 Å². The zero-order valence-corrected chi connectivity index (χ0v) is 9.70. The molecule has 0 aliphatic heterocycles. The van der Waals surface area contributed by atoms with E-state index in [4.69, 9.17) is 0 Å². The highest BCUT2D eigenvalue weighted by Gasteiger charge is 2.32. The van der Waals surface area contributed by atoms with Gasteiger partial charge in [0.1, 0.15) is 5.69 Å². The molecular weight excluding hydrogens is 247 g/mol. The molecule has 0 atom stereocenters. The molecule has 0 bridgehead atoms. The van der Waals surface area contributed by atoms with Gasteiger partial charge in [-0.15, -0.1) is 0 Å². The van der Waals surface area contributed by atoms with E-state index in [9.17, 15) is 18.0 Å². The van der Waals surface area contributed by atoms with Crippen LogP contribution in [0.4, 0.5) is 13.2 Å². The summed E-state index contributed by atoms with van der Waals surface area (Å²) >= 11 is 0. The van der Waals surface area contributed by atoms with Gasteiger partial charge in [0.2, 0.25) is 0 Å². The molecule has 0 aliphatic rings. The molecule has 1 aromatic rings. The molecule has 0 N–H and O–H groups in total. The summed E-state index contributed by atoms with van der Waals surface area (Å²) in [4.78, 5) is 14.4. The quantitative estimate of drug-likeness (QED) is 0.780. The van der Waals surface area contributed by atoms with Crippen molar-refractivity contribution in [2.24, 2.45) is 0 Å². The highest BCUT2D eigenvalue weighted by atomic mass is 19.4. The number of hydrogen-bond donors (Lipinski definition) is 0. The summed E-state index contributed by atoms with van der Waals surface area (Å²) in [7, 11) is 0. The first kappa shape index (κ1) is 14.2. The summed E-state index contributed by atoms with van der Waals surface area (Å²) in [6.45, 7) is 1.95. The highest BCUT2D eigenvalue weighted by Crippen LogP contribution is 2.27. The summed E-state index contributed by atoms with van der Waals surface area (Å²) in [6.07, 6.45) is -1.69. The largest absolute Gasteiger partial charge is 0.466 e. The molecule has 0 aliphatic carbocycles. The number of carbonyl (C=O) groups is 1. The van der Waals surface area contributed by atoms with Gasteiger partial charge < -0.3 is 4.74 Å². The van der Waals surface area contributed by atoms with Crippen LogP contribution >= 0.6 is 0 Å². The third-order valence-electron chi connectivity index (χ3n) is 1.94. The van der Waals surface area contributed by atoms with Gasteiger partial charge >= 0.3 is 12.1 Å². The minimum Gasteiger partial charge on any atom is -0.466 e. The molecule has 0 radical (unpaired) electrons. The Morgan fingerprint density at radius 2 is 2.17 bits per heavy atom. The third-order valence-corrected chi connectivity index (χ3v) is 1.94. The summed E-state index contributed by atoms with van der Waals surface area (Å²) in [5, 5.41) is 0. The lowest BCUT2D eigenvalue weighted by Crippen LogP contribution is -2.08. The molecule has 1 aromatic heterocycles. The molecule has 0 unspecified atom stereocenters. The van der Waals surface area contributed by atoms with Crippen molar-refractivity contribution < 1.29 is 22.7 Å². The molecule has 0 aromatic carbocycles. The first-order valence-corrected chi connectivity index (χ1v) is 5.30. The number of carbonyl (C=O) groups excluding carboxylic acids is 1. The smallest absolute Gasteiger partial charge is 0.433 e. The van der Waals surface area contributed by atoms with E-state index in [1.807, 2.05) is 0 Å². The minimum absolute atomic E-state index is 0.00572. The number of aromatic nitrogens is 1. The molecule has 3 nitrogen and oxygen atoms in total. The van der Waals surface area contributed by atoms with Crippen LogP contribution < -0.4 is 0 Å². The van der Waals surface area contributed by atoms with Crippen molar-refractivity contribution in [1.29, 1.82) is 0 Å². The molecule has 6 heteroatoms. The average molecular weight is 259 g/mol. The van der Waals surface area contributed by atoms with Crippen molar-refractivity contribution in [2.75, 3.05) is 6.61 Å². The van der Waals surface area contributed by atoms with E-state index in [-0.39, 0.29) is 18.7 Å². The van der Waals surface area contributed by atoms with Crippen LogP contribution in [0, 0.1) is 0 Å². The number of pyridine rings is 1. The molecule has 98 valence electrons. The van der Waals surface area contributed by atoms with Crippen molar-refractivity contribution in [2.45, 2.75) is 19.5 Å². The van der Waals surface area contributed by atoms with Crippen molar-refractivity contribution >= 4 is 12.0 Å². The fourth-order valence-electron chi connectivity index (χ4n) is 1.20. The third kappa shape index (κ3) is 4.57. The predicted octanol–water partition coefficient (Wildman–Crippen LogP) is 3.07. The van der Waals surface area contributed by atoms with Gasteiger partial charge in [0.05, 0.1) is 18.7 Å². The summed E-state index contributed by atoms with van der Waals surface area (Å²) in [6, 6.07) is 3.58. The highest BCUT2D eigenvalue weighted by molar-refractivity contribution is 5.72. The second kappa shape index (κ2) is 6.18. The Labute approximate surface area is 102 Å². The Morgan fingerprint density at radius 3 is 2.78 bits per heavy atom. The number of nitrogens with zero attached hydrogens (tertiary/aromatic N) is 1. The first-order valence-electron chi connectivity index (χ1n) is 5.30. The van der Waals surface area contributed by atoms with Crippen LogP contribution in [0.1, 0.15) is 24.7 Å². The predicted molar refractivity (Wildman–Crippen MR) is 59.5 cm³/mol. The van der Waals surface area contributed by atoms with Gasteiger partial charge in [-0.2, -0.15) is 13.2 Å². The molecular formula is C12H12F3NO2.